The van der Waals surface area contributed by atoms with Gasteiger partial charge in [-0.1, -0.05) is 18.2 Å². The van der Waals surface area contributed by atoms with E-state index in [9.17, 15) is 14.0 Å². The van der Waals surface area contributed by atoms with Gasteiger partial charge in [0.1, 0.15) is 11.9 Å². The van der Waals surface area contributed by atoms with Gasteiger partial charge >= 0.3 is 0 Å². The summed E-state index contributed by atoms with van der Waals surface area (Å²) < 4.78 is 13.6. The second-order valence-corrected chi connectivity index (χ2v) is 5.17. The Kier molecular flexibility index (Phi) is 2.97. The highest BCUT2D eigenvalue weighted by Crippen LogP contribution is 2.34. The van der Waals surface area contributed by atoms with Gasteiger partial charge in [0.25, 0.3) is 0 Å². The van der Waals surface area contributed by atoms with Crippen LogP contribution in [-0.2, 0) is 16.1 Å². The van der Waals surface area contributed by atoms with E-state index in [1.807, 2.05) is 0 Å². The first-order valence-corrected chi connectivity index (χ1v) is 6.46. The minimum absolute atomic E-state index is 0.0103. The lowest BCUT2D eigenvalue weighted by molar-refractivity contribution is -0.145. The van der Waals surface area contributed by atoms with Crippen molar-refractivity contribution in [2.24, 2.45) is 5.92 Å². The van der Waals surface area contributed by atoms with E-state index >= 15 is 0 Å². The third-order valence-electron chi connectivity index (χ3n) is 3.64. The summed E-state index contributed by atoms with van der Waals surface area (Å²) in [6.45, 7) is 0.165. The molecule has 2 aliphatic rings. The highest BCUT2D eigenvalue weighted by molar-refractivity contribution is 5.95. The first-order chi connectivity index (χ1) is 9.15. The van der Waals surface area contributed by atoms with Crippen molar-refractivity contribution < 1.29 is 14.0 Å². The molecule has 1 N–H and O–H groups in total. The van der Waals surface area contributed by atoms with Crippen molar-refractivity contribution in [3.8, 4) is 0 Å². The Morgan fingerprint density at radius 1 is 1.26 bits per heavy atom. The number of hydrogen-bond donors (Lipinski definition) is 1. The number of carbonyl (C=O) groups is 2. The molecule has 1 aromatic rings. The third kappa shape index (κ3) is 2.45. The SMILES string of the molecule is O=C1CN(Cc2ccccc2F)C(=O)C(C2CC2)N1. The zero-order valence-corrected chi connectivity index (χ0v) is 10.4. The first-order valence-electron chi connectivity index (χ1n) is 6.46. The van der Waals surface area contributed by atoms with Gasteiger partial charge in [-0.2, -0.15) is 0 Å². The Balaban J connectivity index is 1.77. The van der Waals surface area contributed by atoms with Crippen LogP contribution in [0.2, 0.25) is 0 Å². The summed E-state index contributed by atoms with van der Waals surface area (Å²) >= 11 is 0. The lowest BCUT2D eigenvalue weighted by atomic mass is 10.1. The molecule has 1 unspecified atom stereocenters. The maximum Gasteiger partial charge on any atom is 0.246 e. The van der Waals surface area contributed by atoms with Crippen molar-refractivity contribution in [1.82, 2.24) is 10.2 Å². The lowest BCUT2D eigenvalue weighted by Gasteiger charge is -2.32. The van der Waals surface area contributed by atoms with E-state index in [-0.39, 0.29) is 36.6 Å². The fourth-order valence-electron chi connectivity index (χ4n) is 2.44. The van der Waals surface area contributed by atoms with E-state index < -0.39 is 6.04 Å². The number of halogens is 1. The normalized spacial score (nSPS) is 23.4. The predicted octanol–water partition coefficient (Wildman–Crippen LogP) is 1.06. The zero-order valence-electron chi connectivity index (χ0n) is 10.4. The number of amides is 2. The molecule has 1 aliphatic heterocycles. The van der Waals surface area contributed by atoms with Crippen LogP contribution < -0.4 is 5.32 Å². The number of carbonyl (C=O) groups excluding carboxylic acids is 2. The van der Waals surface area contributed by atoms with Crippen molar-refractivity contribution in [1.29, 1.82) is 0 Å². The number of hydrogen-bond acceptors (Lipinski definition) is 2. The third-order valence-corrected chi connectivity index (χ3v) is 3.64. The van der Waals surface area contributed by atoms with Crippen LogP contribution in [0.5, 0.6) is 0 Å². The standard InChI is InChI=1S/C14H15FN2O2/c15-11-4-2-1-3-10(11)7-17-8-12(18)16-13(14(17)19)9-5-6-9/h1-4,9,13H,5-8H2,(H,16,18). The molecule has 1 atom stereocenters. The zero-order chi connectivity index (χ0) is 13.4. The van der Waals surface area contributed by atoms with Gasteiger partial charge in [0, 0.05) is 12.1 Å². The number of rotatable bonds is 3. The molecule has 19 heavy (non-hydrogen) atoms. The van der Waals surface area contributed by atoms with Crippen molar-refractivity contribution in [2.45, 2.75) is 25.4 Å². The molecule has 2 fully saturated rings. The molecule has 0 spiro atoms. The molecule has 1 aromatic carbocycles. The van der Waals surface area contributed by atoms with Crippen LogP contribution in [0.25, 0.3) is 0 Å². The maximum absolute atomic E-state index is 13.6. The number of benzene rings is 1. The Morgan fingerprint density at radius 2 is 2.00 bits per heavy atom. The molecule has 1 saturated heterocycles. The summed E-state index contributed by atoms with van der Waals surface area (Å²) in [7, 11) is 0. The van der Waals surface area contributed by atoms with Crippen LogP contribution in [0.15, 0.2) is 24.3 Å². The van der Waals surface area contributed by atoms with Crippen LogP contribution in [0.4, 0.5) is 4.39 Å². The topological polar surface area (TPSA) is 49.4 Å². The van der Waals surface area contributed by atoms with Gasteiger partial charge in [0.15, 0.2) is 0 Å². The molecule has 1 heterocycles. The molecule has 3 rings (SSSR count). The van der Waals surface area contributed by atoms with Gasteiger partial charge in [-0.05, 0) is 24.8 Å². The monoisotopic (exact) mass is 262 g/mol. The van der Waals surface area contributed by atoms with Crippen LogP contribution in [-0.4, -0.2) is 29.3 Å². The van der Waals surface area contributed by atoms with Crippen molar-refractivity contribution >= 4 is 11.8 Å². The summed E-state index contributed by atoms with van der Waals surface area (Å²) in [6.07, 6.45) is 1.95. The molecule has 1 aliphatic carbocycles. The van der Waals surface area contributed by atoms with E-state index in [1.54, 1.807) is 18.2 Å². The maximum atomic E-state index is 13.6. The highest BCUT2D eigenvalue weighted by Gasteiger charge is 2.42. The van der Waals surface area contributed by atoms with E-state index in [0.29, 0.717) is 5.56 Å². The Hall–Kier alpha value is -1.91. The van der Waals surface area contributed by atoms with Crippen LogP contribution in [0, 0.1) is 11.7 Å². The van der Waals surface area contributed by atoms with Crippen LogP contribution >= 0.6 is 0 Å². The van der Waals surface area contributed by atoms with Crippen molar-refractivity contribution in [3.63, 3.8) is 0 Å². The fraction of sp³-hybridized carbons (Fsp3) is 0.429. The largest absolute Gasteiger partial charge is 0.342 e. The van der Waals surface area contributed by atoms with Gasteiger partial charge in [-0.3, -0.25) is 9.59 Å². The van der Waals surface area contributed by atoms with E-state index in [0.717, 1.165) is 12.8 Å². The average Bonchev–Trinajstić information content (AvgIpc) is 3.20. The Labute approximate surface area is 110 Å². The molecule has 0 aromatic heterocycles. The highest BCUT2D eigenvalue weighted by atomic mass is 19.1. The predicted molar refractivity (Wildman–Crippen MR) is 66.5 cm³/mol. The van der Waals surface area contributed by atoms with Crippen molar-refractivity contribution in [3.05, 3.63) is 35.6 Å². The quantitative estimate of drug-likeness (QED) is 0.885. The summed E-state index contributed by atoms with van der Waals surface area (Å²) in [5, 5.41) is 2.73. The molecule has 0 bridgehead atoms. The molecule has 100 valence electrons. The van der Waals surface area contributed by atoms with Gasteiger partial charge in [0.2, 0.25) is 11.8 Å². The Bertz CT molecular complexity index is 528. The van der Waals surface area contributed by atoms with Crippen LogP contribution in [0.1, 0.15) is 18.4 Å². The smallest absolute Gasteiger partial charge is 0.246 e. The van der Waals surface area contributed by atoms with E-state index in [4.69, 9.17) is 0 Å². The first kappa shape index (κ1) is 12.1. The average molecular weight is 262 g/mol. The molecular formula is C14H15FN2O2. The van der Waals surface area contributed by atoms with Gasteiger partial charge < -0.3 is 10.2 Å². The summed E-state index contributed by atoms with van der Waals surface area (Å²) in [6, 6.07) is 5.93. The van der Waals surface area contributed by atoms with Gasteiger partial charge in [0.05, 0.1) is 6.54 Å². The number of piperazine rings is 1. The van der Waals surface area contributed by atoms with Crippen molar-refractivity contribution in [2.75, 3.05) is 6.54 Å². The molecule has 4 nitrogen and oxygen atoms in total. The molecule has 5 heteroatoms. The molecule has 2 amide bonds. The molecule has 1 saturated carbocycles. The van der Waals surface area contributed by atoms with Gasteiger partial charge in [-0.15, -0.1) is 0 Å². The summed E-state index contributed by atoms with van der Waals surface area (Å²) in [4.78, 5) is 25.3. The van der Waals surface area contributed by atoms with Gasteiger partial charge in [-0.25, -0.2) is 4.39 Å². The Morgan fingerprint density at radius 3 is 2.68 bits per heavy atom. The minimum Gasteiger partial charge on any atom is -0.342 e. The van der Waals surface area contributed by atoms with E-state index in [2.05, 4.69) is 5.32 Å². The summed E-state index contributed by atoms with van der Waals surface area (Å²) in [5.74, 6) is -0.331. The molecular weight excluding hydrogens is 247 g/mol. The number of nitrogens with one attached hydrogen (secondary N) is 1. The lowest BCUT2D eigenvalue weighted by Crippen LogP contribution is -2.58. The van der Waals surface area contributed by atoms with Crippen LogP contribution in [0.3, 0.4) is 0 Å². The second kappa shape index (κ2) is 4.64. The summed E-state index contributed by atoms with van der Waals surface area (Å²) in [5.41, 5.74) is 0.445. The molecule has 0 radical (unpaired) electrons. The second-order valence-electron chi connectivity index (χ2n) is 5.17. The minimum atomic E-state index is -0.409. The number of nitrogens with zero attached hydrogens (tertiary/aromatic N) is 1. The van der Waals surface area contributed by atoms with E-state index in [1.165, 1.54) is 11.0 Å². The fourth-order valence-corrected chi connectivity index (χ4v) is 2.44.